The summed E-state index contributed by atoms with van der Waals surface area (Å²) in [6, 6.07) is 5.99. The first-order valence-electron chi connectivity index (χ1n) is 8.42. The lowest BCUT2D eigenvalue weighted by Gasteiger charge is -2.37. The second-order valence-corrected chi connectivity index (χ2v) is 6.59. The number of rotatable bonds is 3. The summed E-state index contributed by atoms with van der Waals surface area (Å²) in [7, 11) is 1.67. The largest absolute Gasteiger partial charge is 0.497 e. The normalized spacial score (nSPS) is 25.1. The van der Waals surface area contributed by atoms with Crippen molar-refractivity contribution in [2.75, 3.05) is 38.2 Å². The topological polar surface area (TPSA) is 42.0 Å². The molecule has 2 unspecified atom stereocenters. The Kier molecular flexibility index (Phi) is 4.87. The van der Waals surface area contributed by atoms with Gasteiger partial charge in [0.15, 0.2) is 0 Å². The van der Waals surface area contributed by atoms with Crippen molar-refractivity contribution in [1.29, 1.82) is 0 Å². The molecule has 1 amide bonds. The van der Waals surface area contributed by atoms with E-state index in [-0.39, 0.29) is 18.1 Å². The van der Waals surface area contributed by atoms with Crippen LogP contribution in [0.2, 0.25) is 0 Å². The number of methoxy groups -OCH3 is 1. The van der Waals surface area contributed by atoms with Crippen LogP contribution in [0, 0.1) is 0 Å². The highest BCUT2D eigenvalue weighted by Gasteiger charge is 2.28. The first-order valence-corrected chi connectivity index (χ1v) is 8.42. The highest BCUT2D eigenvalue weighted by molar-refractivity contribution is 5.96. The Morgan fingerprint density at radius 1 is 1.30 bits per heavy atom. The van der Waals surface area contributed by atoms with Gasteiger partial charge in [0.2, 0.25) is 5.91 Å². The number of hydrogen-bond acceptors (Lipinski definition) is 4. The minimum atomic E-state index is 0.178. The maximum absolute atomic E-state index is 12.8. The van der Waals surface area contributed by atoms with Gasteiger partial charge in [0.25, 0.3) is 0 Å². The van der Waals surface area contributed by atoms with E-state index in [0.717, 1.165) is 43.9 Å². The van der Waals surface area contributed by atoms with Crippen LogP contribution in [-0.4, -0.2) is 56.3 Å². The highest BCUT2D eigenvalue weighted by atomic mass is 16.5. The van der Waals surface area contributed by atoms with Crippen molar-refractivity contribution in [3.8, 4) is 5.75 Å². The quantitative estimate of drug-likeness (QED) is 0.856. The minimum absolute atomic E-state index is 0.178. The fourth-order valence-electron chi connectivity index (χ4n) is 3.65. The Balaban J connectivity index is 1.71. The first-order chi connectivity index (χ1) is 11.1. The molecular weight excluding hydrogens is 292 g/mol. The van der Waals surface area contributed by atoms with E-state index in [1.54, 1.807) is 7.11 Å². The van der Waals surface area contributed by atoms with E-state index in [0.29, 0.717) is 6.54 Å². The van der Waals surface area contributed by atoms with Crippen LogP contribution in [0.5, 0.6) is 5.75 Å². The summed E-state index contributed by atoms with van der Waals surface area (Å²) >= 11 is 0. The van der Waals surface area contributed by atoms with Gasteiger partial charge in [-0.25, -0.2) is 0 Å². The summed E-state index contributed by atoms with van der Waals surface area (Å²) in [5.41, 5.74) is 2.24. The van der Waals surface area contributed by atoms with Gasteiger partial charge in [0, 0.05) is 25.3 Å². The van der Waals surface area contributed by atoms with Crippen molar-refractivity contribution in [2.24, 2.45) is 0 Å². The third-order valence-corrected chi connectivity index (χ3v) is 4.56. The third kappa shape index (κ3) is 3.67. The second-order valence-electron chi connectivity index (χ2n) is 6.59. The number of amides is 1. The molecular formula is C18H26N2O3. The fraction of sp³-hybridized carbons (Fsp3) is 0.611. The van der Waals surface area contributed by atoms with Gasteiger partial charge in [0.05, 0.1) is 25.9 Å². The number of ether oxygens (including phenoxy) is 2. The van der Waals surface area contributed by atoms with E-state index >= 15 is 0 Å². The van der Waals surface area contributed by atoms with Gasteiger partial charge in [-0.3, -0.25) is 9.69 Å². The van der Waals surface area contributed by atoms with Gasteiger partial charge in [-0.2, -0.15) is 0 Å². The number of nitrogens with zero attached hydrogens (tertiary/aromatic N) is 2. The molecule has 0 N–H and O–H groups in total. The molecule has 0 saturated carbocycles. The Labute approximate surface area is 138 Å². The molecule has 0 aromatic heterocycles. The lowest BCUT2D eigenvalue weighted by atomic mass is 10.0. The molecule has 1 aromatic carbocycles. The predicted octanol–water partition coefficient (Wildman–Crippen LogP) is 2.08. The lowest BCUT2D eigenvalue weighted by Crippen LogP contribution is -2.50. The molecule has 5 nitrogen and oxygen atoms in total. The molecule has 1 fully saturated rings. The fourth-order valence-corrected chi connectivity index (χ4v) is 3.65. The van der Waals surface area contributed by atoms with E-state index in [2.05, 4.69) is 18.7 Å². The van der Waals surface area contributed by atoms with Crippen LogP contribution in [0.3, 0.4) is 0 Å². The SMILES string of the molecule is COc1ccc2c(c1)CCCN2C(=O)CN1CC(C)OC(C)C1. The number of hydrogen-bond donors (Lipinski definition) is 0. The van der Waals surface area contributed by atoms with Crippen LogP contribution in [0.1, 0.15) is 25.8 Å². The zero-order valence-electron chi connectivity index (χ0n) is 14.2. The molecule has 3 rings (SSSR count). The molecule has 5 heteroatoms. The van der Waals surface area contributed by atoms with Crippen molar-refractivity contribution >= 4 is 11.6 Å². The van der Waals surface area contributed by atoms with Gasteiger partial charge < -0.3 is 14.4 Å². The average Bonchev–Trinajstić information content (AvgIpc) is 2.52. The van der Waals surface area contributed by atoms with E-state index in [4.69, 9.17) is 9.47 Å². The Morgan fingerprint density at radius 3 is 2.74 bits per heavy atom. The van der Waals surface area contributed by atoms with E-state index in [9.17, 15) is 4.79 Å². The molecule has 2 atom stereocenters. The summed E-state index contributed by atoms with van der Waals surface area (Å²) in [6.45, 7) is 7.03. The number of anilines is 1. The molecule has 2 heterocycles. The number of carbonyl (C=O) groups is 1. The highest BCUT2D eigenvalue weighted by Crippen LogP contribution is 2.30. The number of benzene rings is 1. The predicted molar refractivity (Wildman–Crippen MR) is 90.1 cm³/mol. The van der Waals surface area contributed by atoms with E-state index in [1.165, 1.54) is 5.56 Å². The van der Waals surface area contributed by atoms with Crippen LogP contribution < -0.4 is 9.64 Å². The van der Waals surface area contributed by atoms with Crippen molar-refractivity contribution in [2.45, 2.75) is 38.9 Å². The maximum atomic E-state index is 12.8. The molecule has 0 aliphatic carbocycles. The summed E-state index contributed by atoms with van der Waals surface area (Å²) < 4.78 is 11.0. The van der Waals surface area contributed by atoms with Crippen LogP contribution in [0.15, 0.2) is 18.2 Å². The standard InChI is InChI=1S/C18H26N2O3/c1-13-10-19(11-14(2)23-13)12-18(21)20-8-4-5-15-9-16(22-3)6-7-17(15)20/h6-7,9,13-14H,4-5,8,10-12H2,1-3H3. The molecule has 1 aromatic rings. The summed E-state index contributed by atoms with van der Waals surface area (Å²) in [6.07, 6.45) is 2.37. The van der Waals surface area contributed by atoms with Crippen molar-refractivity contribution in [3.63, 3.8) is 0 Å². The summed E-state index contributed by atoms with van der Waals surface area (Å²) in [5, 5.41) is 0. The molecule has 0 radical (unpaired) electrons. The van der Waals surface area contributed by atoms with Gasteiger partial charge in [-0.1, -0.05) is 0 Å². The number of morpholine rings is 1. The molecule has 2 aliphatic heterocycles. The summed E-state index contributed by atoms with van der Waals surface area (Å²) in [5.74, 6) is 1.03. The smallest absolute Gasteiger partial charge is 0.241 e. The average molecular weight is 318 g/mol. The third-order valence-electron chi connectivity index (χ3n) is 4.56. The van der Waals surface area contributed by atoms with Gasteiger partial charge in [-0.15, -0.1) is 0 Å². The van der Waals surface area contributed by atoms with Crippen molar-refractivity contribution in [1.82, 2.24) is 4.90 Å². The van der Waals surface area contributed by atoms with Crippen LogP contribution in [-0.2, 0) is 16.0 Å². The molecule has 2 aliphatic rings. The Morgan fingerprint density at radius 2 is 2.04 bits per heavy atom. The molecule has 23 heavy (non-hydrogen) atoms. The number of carbonyl (C=O) groups excluding carboxylic acids is 1. The van der Waals surface area contributed by atoms with Gasteiger partial charge >= 0.3 is 0 Å². The van der Waals surface area contributed by atoms with E-state index in [1.807, 2.05) is 23.1 Å². The summed E-state index contributed by atoms with van der Waals surface area (Å²) in [4.78, 5) is 16.9. The van der Waals surface area contributed by atoms with Crippen LogP contribution in [0.4, 0.5) is 5.69 Å². The van der Waals surface area contributed by atoms with E-state index < -0.39 is 0 Å². The Hall–Kier alpha value is -1.59. The second kappa shape index (κ2) is 6.89. The molecule has 0 spiro atoms. The lowest BCUT2D eigenvalue weighted by molar-refractivity contribution is -0.123. The van der Waals surface area contributed by atoms with Crippen LogP contribution >= 0.6 is 0 Å². The molecule has 1 saturated heterocycles. The number of aryl methyl sites for hydroxylation is 1. The van der Waals surface area contributed by atoms with Crippen LogP contribution in [0.25, 0.3) is 0 Å². The first kappa shape index (κ1) is 16.3. The minimum Gasteiger partial charge on any atom is -0.497 e. The van der Waals surface area contributed by atoms with Crippen molar-refractivity contribution < 1.29 is 14.3 Å². The zero-order valence-corrected chi connectivity index (χ0v) is 14.2. The molecule has 0 bridgehead atoms. The zero-order chi connectivity index (χ0) is 16.4. The van der Waals surface area contributed by atoms with Crippen molar-refractivity contribution in [3.05, 3.63) is 23.8 Å². The maximum Gasteiger partial charge on any atom is 0.241 e. The monoisotopic (exact) mass is 318 g/mol. The number of fused-ring (bicyclic) bond motifs is 1. The van der Waals surface area contributed by atoms with Gasteiger partial charge in [-0.05, 0) is 50.5 Å². The molecule has 126 valence electrons. The Bertz CT molecular complexity index is 565. The van der Waals surface area contributed by atoms with Gasteiger partial charge in [0.1, 0.15) is 5.75 Å².